The molecule has 0 radical (unpaired) electrons. The molecule has 4 nitrogen and oxygen atoms in total. The maximum absolute atomic E-state index is 7.08. The average molecular weight is 841 g/mol. The van der Waals surface area contributed by atoms with Gasteiger partial charge < -0.3 is 8.83 Å². The van der Waals surface area contributed by atoms with Crippen LogP contribution in [0.2, 0.25) is 0 Å². The molecular formula is C62H36N2O2. The molecule has 4 heterocycles. The van der Waals surface area contributed by atoms with Gasteiger partial charge in [0.2, 0.25) is 0 Å². The molecule has 0 saturated carbocycles. The largest absolute Gasteiger partial charge is 0.455 e. The van der Waals surface area contributed by atoms with Gasteiger partial charge in [0.1, 0.15) is 22.3 Å². The van der Waals surface area contributed by atoms with Crippen molar-refractivity contribution in [3.63, 3.8) is 0 Å². The van der Waals surface area contributed by atoms with Crippen LogP contribution in [-0.4, -0.2) is 9.97 Å². The second-order valence-corrected chi connectivity index (χ2v) is 17.3. The fourth-order valence-corrected chi connectivity index (χ4v) is 10.5. The zero-order valence-corrected chi connectivity index (χ0v) is 35.5. The summed E-state index contributed by atoms with van der Waals surface area (Å²) in [6.07, 6.45) is 7.51. The van der Waals surface area contributed by atoms with E-state index >= 15 is 0 Å². The number of fused-ring (bicyclic) bond motifs is 14. The van der Waals surface area contributed by atoms with E-state index in [-0.39, 0.29) is 0 Å². The van der Waals surface area contributed by atoms with Crippen LogP contribution in [0, 0.1) is 0 Å². The summed E-state index contributed by atoms with van der Waals surface area (Å²) >= 11 is 0. The lowest BCUT2D eigenvalue weighted by Gasteiger charge is -2.16. The molecule has 0 unspecified atom stereocenters. The molecule has 0 bridgehead atoms. The van der Waals surface area contributed by atoms with Gasteiger partial charge in [-0.1, -0.05) is 121 Å². The van der Waals surface area contributed by atoms with Crippen molar-refractivity contribution in [1.29, 1.82) is 0 Å². The average Bonchev–Trinajstić information content (AvgIpc) is 3.99. The zero-order valence-electron chi connectivity index (χ0n) is 35.5. The van der Waals surface area contributed by atoms with E-state index in [1.54, 1.807) is 0 Å². The first-order chi connectivity index (χ1) is 32.7. The highest BCUT2D eigenvalue weighted by Crippen LogP contribution is 2.48. The van der Waals surface area contributed by atoms with E-state index in [0.717, 1.165) is 110 Å². The van der Waals surface area contributed by atoms with Crippen LogP contribution >= 0.6 is 0 Å². The quantitative estimate of drug-likeness (QED) is 0.173. The molecule has 0 N–H and O–H groups in total. The number of pyridine rings is 2. The van der Waals surface area contributed by atoms with Crippen LogP contribution in [0.5, 0.6) is 0 Å². The van der Waals surface area contributed by atoms with Crippen LogP contribution in [0.4, 0.5) is 0 Å². The molecular weight excluding hydrogens is 805 g/mol. The van der Waals surface area contributed by atoms with Gasteiger partial charge in [0, 0.05) is 68.6 Å². The Hall–Kier alpha value is -8.86. The summed E-state index contributed by atoms with van der Waals surface area (Å²) in [5.41, 5.74) is 13.9. The molecule has 0 saturated heterocycles. The predicted octanol–water partition coefficient (Wildman–Crippen LogP) is 17.2. The SMILES string of the molecule is c1cncc(-c2cc(-c3cccnc3)cc(-c3cc(-c4cc5ccccc5c5c4oc4ccc6ccccc6c45)cc(-c4cc5ccccc5c5c4oc4ccc6ccccc6c45)c3)c2)c1. The van der Waals surface area contributed by atoms with Gasteiger partial charge in [-0.05, 0) is 149 Å². The number of aromatic nitrogens is 2. The first-order valence-corrected chi connectivity index (χ1v) is 22.3. The maximum atomic E-state index is 7.08. The molecule has 0 fully saturated rings. The molecule has 0 aliphatic rings. The topological polar surface area (TPSA) is 52.1 Å². The van der Waals surface area contributed by atoms with Gasteiger partial charge in [-0.15, -0.1) is 0 Å². The highest BCUT2D eigenvalue weighted by atomic mass is 16.3. The minimum absolute atomic E-state index is 0.863. The van der Waals surface area contributed by atoms with Gasteiger partial charge in [0.15, 0.2) is 0 Å². The highest BCUT2D eigenvalue weighted by Gasteiger charge is 2.23. The second-order valence-electron chi connectivity index (χ2n) is 17.3. The van der Waals surface area contributed by atoms with Crippen LogP contribution in [0.15, 0.2) is 228 Å². The number of nitrogens with zero attached hydrogens (tertiary/aromatic N) is 2. The van der Waals surface area contributed by atoms with Crippen LogP contribution in [0.1, 0.15) is 0 Å². The number of furan rings is 2. The van der Waals surface area contributed by atoms with E-state index < -0.39 is 0 Å². The number of hydrogen-bond donors (Lipinski definition) is 0. The summed E-state index contributed by atoms with van der Waals surface area (Å²) in [6.45, 7) is 0. The number of hydrogen-bond acceptors (Lipinski definition) is 4. The lowest BCUT2D eigenvalue weighted by molar-refractivity contribution is 0.670. The molecule has 14 aromatic rings. The van der Waals surface area contributed by atoms with Crippen molar-refractivity contribution in [2.75, 3.05) is 0 Å². The number of rotatable bonds is 5. The highest BCUT2D eigenvalue weighted by molar-refractivity contribution is 6.30. The molecule has 66 heavy (non-hydrogen) atoms. The molecule has 0 spiro atoms. The van der Waals surface area contributed by atoms with Crippen molar-refractivity contribution < 1.29 is 8.83 Å². The normalized spacial score (nSPS) is 11.9. The van der Waals surface area contributed by atoms with Gasteiger partial charge in [0.25, 0.3) is 0 Å². The third-order valence-electron chi connectivity index (χ3n) is 13.5. The monoisotopic (exact) mass is 840 g/mol. The Balaban J connectivity index is 1.12. The summed E-state index contributed by atoms with van der Waals surface area (Å²) in [4.78, 5) is 9.04. The summed E-state index contributed by atoms with van der Waals surface area (Å²) in [5, 5.41) is 13.9. The Labute approximate surface area is 378 Å². The first-order valence-electron chi connectivity index (χ1n) is 22.3. The molecule has 306 valence electrons. The van der Waals surface area contributed by atoms with E-state index in [9.17, 15) is 0 Å². The third kappa shape index (κ3) is 5.65. The van der Waals surface area contributed by atoms with Crippen molar-refractivity contribution in [1.82, 2.24) is 9.97 Å². The molecule has 0 aliphatic carbocycles. The van der Waals surface area contributed by atoms with E-state index in [2.05, 4.69) is 192 Å². The Morgan fingerprint density at radius 3 is 1.06 bits per heavy atom. The lowest BCUT2D eigenvalue weighted by atomic mass is 9.88. The maximum Gasteiger partial charge on any atom is 0.143 e. The van der Waals surface area contributed by atoms with Crippen LogP contribution in [0.3, 0.4) is 0 Å². The summed E-state index contributed by atoms with van der Waals surface area (Å²) in [5.74, 6) is 0. The van der Waals surface area contributed by atoms with Crippen molar-refractivity contribution in [3.05, 3.63) is 219 Å². The molecule has 10 aromatic carbocycles. The fraction of sp³-hybridized carbons (Fsp3) is 0. The summed E-state index contributed by atoms with van der Waals surface area (Å²) < 4.78 is 14.2. The van der Waals surface area contributed by atoms with Crippen molar-refractivity contribution in [2.45, 2.75) is 0 Å². The van der Waals surface area contributed by atoms with Crippen molar-refractivity contribution >= 4 is 87.0 Å². The molecule has 4 heteroatoms. The minimum atomic E-state index is 0.863. The van der Waals surface area contributed by atoms with Crippen LogP contribution in [0.25, 0.3) is 143 Å². The summed E-state index contributed by atoms with van der Waals surface area (Å²) in [6, 6.07) is 69.8. The van der Waals surface area contributed by atoms with E-state index in [1.807, 2.05) is 36.9 Å². The van der Waals surface area contributed by atoms with Crippen molar-refractivity contribution in [2.24, 2.45) is 0 Å². The number of benzene rings is 10. The van der Waals surface area contributed by atoms with E-state index in [0.29, 0.717) is 0 Å². The predicted molar refractivity (Wildman–Crippen MR) is 274 cm³/mol. The molecule has 0 aliphatic heterocycles. The minimum Gasteiger partial charge on any atom is -0.455 e. The van der Waals surface area contributed by atoms with Gasteiger partial charge in [-0.25, -0.2) is 0 Å². The Morgan fingerprint density at radius 2 is 0.636 bits per heavy atom. The second kappa shape index (κ2) is 14.3. The fourth-order valence-electron chi connectivity index (χ4n) is 10.5. The van der Waals surface area contributed by atoms with Gasteiger partial charge in [-0.2, -0.15) is 0 Å². The van der Waals surface area contributed by atoms with Crippen molar-refractivity contribution in [3.8, 4) is 55.6 Å². The zero-order chi connectivity index (χ0) is 43.3. The van der Waals surface area contributed by atoms with Gasteiger partial charge in [-0.3, -0.25) is 9.97 Å². The van der Waals surface area contributed by atoms with E-state index in [1.165, 1.54) is 32.3 Å². The molecule has 4 aromatic heterocycles. The molecule has 0 atom stereocenters. The van der Waals surface area contributed by atoms with Crippen LogP contribution in [-0.2, 0) is 0 Å². The Kier molecular flexibility index (Phi) is 7.95. The lowest BCUT2D eigenvalue weighted by Crippen LogP contribution is -1.91. The molecule has 0 amide bonds. The Bertz CT molecular complexity index is 4010. The smallest absolute Gasteiger partial charge is 0.143 e. The first kappa shape index (κ1) is 36.6. The molecule has 14 rings (SSSR count). The van der Waals surface area contributed by atoms with Gasteiger partial charge >= 0.3 is 0 Å². The van der Waals surface area contributed by atoms with Crippen LogP contribution < -0.4 is 0 Å². The van der Waals surface area contributed by atoms with Gasteiger partial charge in [0.05, 0.1) is 0 Å². The summed E-state index contributed by atoms with van der Waals surface area (Å²) in [7, 11) is 0. The Morgan fingerprint density at radius 1 is 0.273 bits per heavy atom. The third-order valence-corrected chi connectivity index (χ3v) is 13.5. The standard InChI is InChI=1S/C62H36N2O2/c1-5-17-49-37(11-1)21-23-55-57(49)59-51-19-7-3-13-39(51)33-53(61(59)65-55)47-30-46(45-28-43(41-15-9-25-63-35-41)27-44(29-45)42-16-10-26-64-36-42)31-48(32-47)54-34-40-14-4-8-20-52(40)60-58-50-18-6-2-12-38(50)22-24-56(58)66-62(54)60/h1-36H. The van der Waals surface area contributed by atoms with E-state index in [4.69, 9.17) is 8.83 Å².